The first-order chi connectivity index (χ1) is 19.7. The first kappa shape index (κ1) is 28.5. The van der Waals surface area contributed by atoms with Crippen molar-refractivity contribution in [3.05, 3.63) is 76.6 Å². The minimum atomic E-state index is -0.421. The highest BCUT2D eigenvalue weighted by atomic mass is 32.2. The summed E-state index contributed by atoms with van der Waals surface area (Å²) in [6.07, 6.45) is 6.89. The van der Waals surface area contributed by atoms with Gasteiger partial charge in [0, 0.05) is 43.0 Å². The summed E-state index contributed by atoms with van der Waals surface area (Å²) in [5, 5.41) is 0.765. The highest BCUT2D eigenvalue weighted by Gasteiger charge is 2.30. The molecule has 0 radical (unpaired) electrons. The molecule has 1 aliphatic heterocycles. The van der Waals surface area contributed by atoms with Crippen molar-refractivity contribution >= 4 is 34.5 Å². The third-order valence-electron chi connectivity index (χ3n) is 7.56. The smallest absolute Gasteiger partial charge is 0.350 e. The number of aromatic nitrogens is 5. The molecule has 4 aromatic rings. The Morgan fingerprint density at radius 1 is 1.10 bits per heavy atom. The van der Waals surface area contributed by atoms with E-state index in [1.807, 2.05) is 45.2 Å². The van der Waals surface area contributed by atoms with Crippen LogP contribution in [-0.4, -0.2) is 67.2 Å². The van der Waals surface area contributed by atoms with Crippen molar-refractivity contribution in [2.45, 2.75) is 51.5 Å². The fourth-order valence-electron chi connectivity index (χ4n) is 5.51. The lowest BCUT2D eigenvalue weighted by Crippen LogP contribution is -2.54. The van der Waals surface area contributed by atoms with Crippen LogP contribution in [0.3, 0.4) is 0 Å². The molecule has 212 valence electrons. The Bertz CT molecular complexity index is 1720. The van der Waals surface area contributed by atoms with Crippen LogP contribution in [-0.2, 0) is 4.79 Å². The minimum Gasteiger partial charge on any atom is -0.350 e. The average molecular weight is 570 g/mol. The summed E-state index contributed by atoms with van der Waals surface area (Å²) >= 11 is 1.61. The van der Waals surface area contributed by atoms with E-state index >= 15 is 0 Å². The number of hydrogen-bond acceptors (Lipinski definition) is 8. The van der Waals surface area contributed by atoms with Gasteiger partial charge < -0.3 is 9.80 Å². The first-order valence-corrected chi connectivity index (χ1v) is 15.0. The van der Waals surface area contributed by atoms with Crippen molar-refractivity contribution in [3.63, 3.8) is 0 Å². The van der Waals surface area contributed by atoms with Gasteiger partial charge in [0.2, 0.25) is 5.91 Å². The Labute approximate surface area is 244 Å². The number of anilines is 1. The molecule has 1 aliphatic rings. The van der Waals surface area contributed by atoms with Gasteiger partial charge in [-0.3, -0.25) is 14.8 Å². The largest absolute Gasteiger partial charge is 0.355 e. The van der Waals surface area contributed by atoms with Crippen LogP contribution in [0.5, 0.6) is 0 Å². The van der Waals surface area contributed by atoms with E-state index in [4.69, 9.17) is 4.98 Å². The first-order valence-electron chi connectivity index (χ1n) is 13.7. The summed E-state index contributed by atoms with van der Waals surface area (Å²) in [5.41, 5.74) is 4.93. The maximum atomic E-state index is 14.1. The summed E-state index contributed by atoms with van der Waals surface area (Å²) in [5.74, 6) is 0.547. The third kappa shape index (κ3) is 5.12. The lowest BCUT2D eigenvalue weighted by molar-refractivity contribution is -0.126. The number of thioether (sulfide) groups is 1. The minimum absolute atomic E-state index is 0.0659. The van der Waals surface area contributed by atoms with Crippen molar-refractivity contribution in [3.8, 4) is 17.1 Å². The zero-order valence-corrected chi connectivity index (χ0v) is 25.2. The third-order valence-corrected chi connectivity index (χ3v) is 8.33. The number of carbonyl (C=O) groups excluding carboxylic acids is 1. The van der Waals surface area contributed by atoms with Crippen molar-refractivity contribution in [1.29, 1.82) is 0 Å². The monoisotopic (exact) mass is 569 g/mol. The summed E-state index contributed by atoms with van der Waals surface area (Å²) in [4.78, 5) is 50.5. The molecule has 1 atom stereocenters. The second kappa shape index (κ2) is 11.4. The Balaban J connectivity index is 1.82. The number of carbonyl (C=O) groups is 1. The highest BCUT2D eigenvalue weighted by molar-refractivity contribution is 7.98. The molecule has 1 fully saturated rings. The summed E-state index contributed by atoms with van der Waals surface area (Å²) in [6, 6.07) is 7.84. The molecule has 10 heteroatoms. The Morgan fingerprint density at radius 3 is 2.56 bits per heavy atom. The predicted molar refractivity (Wildman–Crippen MR) is 165 cm³/mol. The fourth-order valence-corrected chi connectivity index (χ4v) is 6.07. The molecule has 0 spiro atoms. The van der Waals surface area contributed by atoms with Crippen LogP contribution in [0.25, 0.3) is 28.1 Å². The van der Waals surface area contributed by atoms with Gasteiger partial charge in [-0.25, -0.2) is 14.3 Å². The number of pyridine rings is 3. The molecule has 41 heavy (non-hydrogen) atoms. The molecule has 1 saturated heterocycles. The maximum absolute atomic E-state index is 14.1. The van der Waals surface area contributed by atoms with Crippen LogP contribution < -0.4 is 10.6 Å². The number of amides is 1. The Morgan fingerprint density at radius 2 is 1.88 bits per heavy atom. The fraction of sp³-hybridized carbons (Fsp3) is 0.355. The molecule has 0 saturated carbocycles. The van der Waals surface area contributed by atoms with E-state index in [9.17, 15) is 9.59 Å². The lowest BCUT2D eigenvalue weighted by atomic mass is 10.0. The molecule has 0 bridgehead atoms. The number of piperazine rings is 1. The average Bonchev–Trinajstić information content (AvgIpc) is 2.96. The van der Waals surface area contributed by atoms with Gasteiger partial charge >= 0.3 is 5.69 Å². The van der Waals surface area contributed by atoms with Gasteiger partial charge in [-0.05, 0) is 74.4 Å². The van der Waals surface area contributed by atoms with E-state index in [1.165, 1.54) is 6.08 Å². The van der Waals surface area contributed by atoms with Gasteiger partial charge in [0.05, 0.1) is 22.5 Å². The molecule has 5 heterocycles. The molecule has 5 rings (SSSR count). The van der Waals surface area contributed by atoms with E-state index in [2.05, 4.69) is 46.3 Å². The van der Waals surface area contributed by atoms with E-state index in [1.54, 1.807) is 33.6 Å². The van der Waals surface area contributed by atoms with Crippen LogP contribution in [0.4, 0.5) is 5.82 Å². The molecular weight excluding hydrogens is 534 g/mol. The predicted octanol–water partition coefficient (Wildman–Crippen LogP) is 4.92. The molecule has 0 aliphatic carbocycles. The van der Waals surface area contributed by atoms with Crippen molar-refractivity contribution < 1.29 is 4.79 Å². The van der Waals surface area contributed by atoms with E-state index < -0.39 is 5.69 Å². The molecule has 9 nitrogen and oxygen atoms in total. The van der Waals surface area contributed by atoms with Gasteiger partial charge in [0.15, 0.2) is 5.65 Å². The summed E-state index contributed by atoms with van der Waals surface area (Å²) < 4.78 is 1.61. The SMILES string of the molecule is C=CC(=O)N1CCN(c2nc(=O)n(-c3c(C)ccnc3C(C)C)c3nc(-c4ncccc4SC)c(C)cc23)[C@@H](C)C1. The van der Waals surface area contributed by atoms with Crippen LogP contribution in [0, 0.1) is 13.8 Å². The zero-order chi connectivity index (χ0) is 29.4. The molecule has 0 unspecified atom stereocenters. The maximum Gasteiger partial charge on any atom is 0.355 e. The van der Waals surface area contributed by atoms with Crippen LogP contribution in [0.1, 0.15) is 43.5 Å². The molecular formula is C31H35N7O2S. The number of nitrogens with zero attached hydrogens (tertiary/aromatic N) is 7. The second-order valence-electron chi connectivity index (χ2n) is 10.7. The highest BCUT2D eigenvalue weighted by Crippen LogP contribution is 2.35. The summed E-state index contributed by atoms with van der Waals surface area (Å²) in [7, 11) is 0. The normalized spacial score (nSPS) is 15.5. The van der Waals surface area contributed by atoms with Crippen LogP contribution in [0.15, 0.2) is 59.0 Å². The van der Waals surface area contributed by atoms with E-state index in [0.717, 1.165) is 38.5 Å². The van der Waals surface area contributed by atoms with Crippen LogP contribution in [0.2, 0.25) is 0 Å². The number of rotatable bonds is 6. The number of aryl methyl sites for hydroxylation is 2. The molecule has 0 aromatic carbocycles. The lowest BCUT2D eigenvalue weighted by Gasteiger charge is -2.40. The second-order valence-corrected chi connectivity index (χ2v) is 11.5. The van der Waals surface area contributed by atoms with Crippen molar-refractivity contribution in [2.75, 3.05) is 30.8 Å². The standard InChI is InChI=1S/C31H35N7O2S/c1-8-24(39)36-14-15-37(21(6)17-36)29-22-16-20(5)26(27-23(41-7)10-9-12-32-27)34-30(22)38(31(40)35-29)28-19(4)11-13-33-25(28)18(2)3/h8-13,16,18,21H,1,14-15,17H2,2-7H3/t21-/m0/s1. The molecule has 4 aromatic heterocycles. The van der Waals surface area contributed by atoms with Crippen molar-refractivity contribution in [1.82, 2.24) is 29.4 Å². The van der Waals surface area contributed by atoms with E-state index in [-0.39, 0.29) is 17.9 Å². The van der Waals surface area contributed by atoms with Gasteiger partial charge in [-0.2, -0.15) is 4.98 Å². The zero-order valence-electron chi connectivity index (χ0n) is 24.4. The Hall–Kier alpha value is -4.05. The summed E-state index contributed by atoms with van der Waals surface area (Å²) in [6.45, 7) is 15.3. The van der Waals surface area contributed by atoms with E-state index in [0.29, 0.717) is 36.8 Å². The van der Waals surface area contributed by atoms with Crippen LogP contribution >= 0.6 is 11.8 Å². The number of fused-ring (bicyclic) bond motifs is 1. The van der Waals surface area contributed by atoms with Crippen molar-refractivity contribution in [2.24, 2.45) is 0 Å². The van der Waals surface area contributed by atoms with Gasteiger partial charge in [0.1, 0.15) is 11.5 Å². The Kier molecular flexibility index (Phi) is 7.95. The van der Waals surface area contributed by atoms with Gasteiger partial charge in [-0.1, -0.05) is 20.4 Å². The molecule has 1 amide bonds. The topological polar surface area (TPSA) is 97.1 Å². The quantitative estimate of drug-likeness (QED) is 0.238. The van der Waals surface area contributed by atoms with Gasteiger partial charge in [-0.15, -0.1) is 11.8 Å². The van der Waals surface area contributed by atoms with Gasteiger partial charge in [0.25, 0.3) is 0 Å². The number of hydrogen-bond donors (Lipinski definition) is 0. The molecule has 0 N–H and O–H groups in total.